The van der Waals surface area contributed by atoms with Crippen molar-refractivity contribution in [2.24, 2.45) is 0 Å². The zero-order valence-electron chi connectivity index (χ0n) is 10.2. The number of rotatable bonds is 2. The maximum atomic E-state index is 5.93. The van der Waals surface area contributed by atoms with Crippen molar-refractivity contribution in [1.29, 1.82) is 0 Å². The third-order valence-corrected chi connectivity index (χ3v) is 4.15. The van der Waals surface area contributed by atoms with Crippen LogP contribution in [0.2, 0.25) is 0 Å². The molecule has 0 spiro atoms. The number of piperidine rings is 1. The maximum Gasteiger partial charge on any atom is 0.228 e. The van der Waals surface area contributed by atoms with Crippen LogP contribution in [0.25, 0.3) is 0 Å². The summed E-state index contributed by atoms with van der Waals surface area (Å²) in [6, 6.07) is 0. The number of pyridine rings is 1. The molecule has 0 unspecified atom stereocenters. The highest BCUT2D eigenvalue weighted by Gasteiger charge is 2.20. The minimum Gasteiger partial charge on any atom is -0.473 e. The van der Waals surface area contributed by atoms with Crippen molar-refractivity contribution >= 4 is 21.6 Å². The quantitative estimate of drug-likeness (QED) is 0.910. The summed E-state index contributed by atoms with van der Waals surface area (Å²) in [5.41, 5.74) is 7.46. The van der Waals surface area contributed by atoms with E-state index < -0.39 is 0 Å². The van der Waals surface area contributed by atoms with Gasteiger partial charge in [-0.2, -0.15) is 0 Å². The predicted molar refractivity (Wildman–Crippen MR) is 72.2 cm³/mol. The fourth-order valence-corrected chi connectivity index (χ4v) is 2.34. The number of anilines is 1. The molecule has 1 aromatic rings. The van der Waals surface area contributed by atoms with Gasteiger partial charge in [0, 0.05) is 13.1 Å². The lowest BCUT2D eigenvalue weighted by atomic mass is 10.1. The van der Waals surface area contributed by atoms with Crippen molar-refractivity contribution in [3.05, 3.63) is 16.2 Å². The zero-order chi connectivity index (χ0) is 12.4. The third kappa shape index (κ3) is 2.90. The first-order valence-corrected chi connectivity index (χ1v) is 6.63. The number of hydrogen-bond acceptors (Lipinski definition) is 4. The number of aromatic nitrogens is 1. The van der Waals surface area contributed by atoms with E-state index in [1.54, 1.807) is 6.20 Å². The lowest BCUT2D eigenvalue weighted by Gasteiger charge is -2.29. The highest BCUT2D eigenvalue weighted by atomic mass is 79.9. The van der Waals surface area contributed by atoms with E-state index in [2.05, 4.69) is 32.9 Å². The van der Waals surface area contributed by atoms with Crippen LogP contribution in [0.3, 0.4) is 0 Å². The molecule has 1 fully saturated rings. The largest absolute Gasteiger partial charge is 0.473 e. The highest BCUT2D eigenvalue weighted by Crippen LogP contribution is 2.31. The van der Waals surface area contributed by atoms with Crippen LogP contribution in [0.15, 0.2) is 10.7 Å². The molecule has 1 saturated heterocycles. The SMILES string of the molecule is Cc1c(N)cnc(OC2CCN(C)CC2)c1Br. The number of likely N-dealkylation sites (tertiary alicyclic amines) is 1. The minimum atomic E-state index is 0.262. The Hall–Kier alpha value is -0.810. The molecule has 2 heterocycles. The molecule has 0 bridgehead atoms. The Morgan fingerprint density at radius 3 is 2.76 bits per heavy atom. The van der Waals surface area contributed by atoms with Crippen LogP contribution in [0.1, 0.15) is 18.4 Å². The molecule has 0 aliphatic carbocycles. The van der Waals surface area contributed by atoms with E-state index in [-0.39, 0.29) is 6.10 Å². The first-order valence-electron chi connectivity index (χ1n) is 5.83. The van der Waals surface area contributed by atoms with Gasteiger partial charge < -0.3 is 15.4 Å². The molecule has 0 radical (unpaired) electrons. The fraction of sp³-hybridized carbons (Fsp3) is 0.583. The third-order valence-electron chi connectivity index (χ3n) is 3.21. The van der Waals surface area contributed by atoms with Gasteiger partial charge in [0.25, 0.3) is 0 Å². The molecule has 5 heteroatoms. The van der Waals surface area contributed by atoms with E-state index in [1.165, 1.54) is 0 Å². The van der Waals surface area contributed by atoms with Crippen LogP contribution >= 0.6 is 15.9 Å². The van der Waals surface area contributed by atoms with Gasteiger partial charge in [-0.05, 0) is 48.3 Å². The van der Waals surface area contributed by atoms with Crippen LogP contribution in [-0.4, -0.2) is 36.1 Å². The van der Waals surface area contributed by atoms with Gasteiger partial charge in [-0.3, -0.25) is 0 Å². The summed E-state index contributed by atoms with van der Waals surface area (Å²) in [5, 5.41) is 0. The molecule has 2 N–H and O–H groups in total. The summed E-state index contributed by atoms with van der Waals surface area (Å²) in [6.45, 7) is 4.12. The molecule has 94 valence electrons. The van der Waals surface area contributed by atoms with Crippen LogP contribution in [0, 0.1) is 6.92 Å². The second-order valence-electron chi connectivity index (χ2n) is 4.58. The van der Waals surface area contributed by atoms with Crippen molar-refractivity contribution < 1.29 is 4.74 Å². The van der Waals surface area contributed by atoms with Crippen LogP contribution < -0.4 is 10.5 Å². The second kappa shape index (κ2) is 5.23. The highest BCUT2D eigenvalue weighted by molar-refractivity contribution is 9.10. The first-order chi connectivity index (χ1) is 8.08. The smallest absolute Gasteiger partial charge is 0.228 e. The van der Waals surface area contributed by atoms with E-state index in [0.717, 1.165) is 36.0 Å². The normalized spacial score (nSPS) is 18.3. The van der Waals surface area contributed by atoms with Gasteiger partial charge in [0.2, 0.25) is 5.88 Å². The monoisotopic (exact) mass is 299 g/mol. The number of nitrogens with zero attached hydrogens (tertiary/aromatic N) is 2. The van der Waals surface area contributed by atoms with Crippen molar-refractivity contribution in [3.63, 3.8) is 0 Å². The number of halogens is 1. The molecule has 0 aromatic carbocycles. The van der Waals surface area contributed by atoms with Crippen molar-refractivity contribution in [3.8, 4) is 5.88 Å². The van der Waals surface area contributed by atoms with Gasteiger partial charge >= 0.3 is 0 Å². The van der Waals surface area contributed by atoms with E-state index in [4.69, 9.17) is 10.5 Å². The molecular formula is C12H18BrN3O. The van der Waals surface area contributed by atoms with Crippen LogP contribution in [0.4, 0.5) is 5.69 Å². The Kier molecular flexibility index (Phi) is 3.89. The first kappa shape index (κ1) is 12.6. The van der Waals surface area contributed by atoms with Gasteiger partial charge in [-0.25, -0.2) is 4.98 Å². The molecule has 1 aromatic heterocycles. The Labute approximate surface area is 110 Å². The van der Waals surface area contributed by atoms with Gasteiger partial charge in [0.05, 0.1) is 16.4 Å². The molecule has 0 atom stereocenters. The number of ether oxygens (including phenoxy) is 1. The Morgan fingerprint density at radius 2 is 2.12 bits per heavy atom. The van der Waals surface area contributed by atoms with Crippen LogP contribution in [0.5, 0.6) is 5.88 Å². The number of nitrogen functional groups attached to an aromatic ring is 1. The number of nitrogens with two attached hydrogens (primary N) is 1. The van der Waals surface area contributed by atoms with Gasteiger partial charge in [-0.15, -0.1) is 0 Å². The van der Waals surface area contributed by atoms with Crippen molar-refractivity contribution in [2.75, 3.05) is 25.9 Å². The summed E-state index contributed by atoms with van der Waals surface area (Å²) in [6.07, 6.45) is 4.02. The van der Waals surface area contributed by atoms with Gasteiger partial charge in [-0.1, -0.05) is 0 Å². The minimum absolute atomic E-state index is 0.262. The maximum absolute atomic E-state index is 5.93. The summed E-state index contributed by atoms with van der Waals surface area (Å²) >= 11 is 3.49. The lowest BCUT2D eigenvalue weighted by molar-refractivity contribution is 0.109. The standard InChI is InChI=1S/C12H18BrN3O/c1-8-10(14)7-15-12(11(8)13)17-9-3-5-16(2)6-4-9/h7,9H,3-6,14H2,1-2H3. The van der Waals surface area contributed by atoms with Crippen LogP contribution in [-0.2, 0) is 0 Å². The average Bonchev–Trinajstić information content (AvgIpc) is 2.33. The molecular weight excluding hydrogens is 282 g/mol. The Balaban J connectivity index is 2.06. The average molecular weight is 300 g/mol. The molecule has 4 nitrogen and oxygen atoms in total. The topological polar surface area (TPSA) is 51.4 Å². The van der Waals surface area contributed by atoms with Gasteiger partial charge in [0.15, 0.2) is 0 Å². The zero-order valence-corrected chi connectivity index (χ0v) is 11.8. The van der Waals surface area contributed by atoms with Gasteiger partial charge in [0.1, 0.15) is 6.10 Å². The van der Waals surface area contributed by atoms with E-state index >= 15 is 0 Å². The summed E-state index contributed by atoms with van der Waals surface area (Å²) in [7, 11) is 2.14. The van der Waals surface area contributed by atoms with E-state index in [0.29, 0.717) is 11.6 Å². The summed E-state index contributed by atoms with van der Waals surface area (Å²) in [4.78, 5) is 6.56. The molecule has 1 aliphatic heterocycles. The summed E-state index contributed by atoms with van der Waals surface area (Å²) < 4.78 is 6.80. The van der Waals surface area contributed by atoms with E-state index in [9.17, 15) is 0 Å². The Bertz CT molecular complexity index is 403. The predicted octanol–water partition coefficient (Wildman–Crippen LogP) is 2.21. The van der Waals surface area contributed by atoms with Crippen molar-refractivity contribution in [2.45, 2.75) is 25.9 Å². The lowest BCUT2D eigenvalue weighted by Crippen LogP contribution is -2.35. The molecule has 17 heavy (non-hydrogen) atoms. The molecule has 2 rings (SSSR count). The summed E-state index contributed by atoms with van der Waals surface area (Å²) in [5.74, 6) is 0.659. The Morgan fingerprint density at radius 1 is 1.47 bits per heavy atom. The van der Waals surface area contributed by atoms with Crippen molar-refractivity contribution in [1.82, 2.24) is 9.88 Å². The molecule has 1 aliphatic rings. The number of hydrogen-bond donors (Lipinski definition) is 1. The molecule has 0 saturated carbocycles. The van der Waals surface area contributed by atoms with E-state index in [1.807, 2.05) is 6.92 Å². The second-order valence-corrected chi connectivity index (χ2v) is 5.37. The fourth-order valence-electron chi connectivity index (χ4n) is 1.91. The molecule has 0 amide bonds.